The SMILES string of the molecule is N#Cc1ccnc(C2=CC3CCC(C2)N3C(=O)OCC2c3ccccc3-c3ccccc32)c1. The van der Waals surface area contributed by atoms with Crippen molar-refractivity contribution in [2.45, 2.75) is 37.3 Å². The number of aromatic nitrogens is 1. The van der Waals surface area contributed by atoms with Crippen LogP contribution in [-0.2, 0) is 4.74 Å². The maximum Gasteiger partial charge on any atom is 0.410 e. The van der Waals surface area contributed by atoms with Crippen molar-refractivity contribution in [1.29, 1.82) is 5.26 Å². The lowest BCUT2D eigenvalue weighted by atomic mass is 9.97. The average Bonchev–Trinajstić information content (AvgIpc) is 3.33. The number of hydrogen-bond donors (Lipinski definition) is 0. The van der Waals surface area contributed by atoms with E-state index in [0.29, 0.717) is 12.2 Å². The molecule has 5 nitrogen and oxygen atoms in total. The third kappa shape index (κ3) is 3.30. The molecule has 0 saturated carbocycles. The first-order valence-corrected chi connectivity index (χ1v) is 11.4. The average molecular weight is 434 g/mol. The van der Waals surface area contributed by atoms with Crippen LogP contribution >= 0.6 is 0 Å². The second-order valence-electron chi connectivity index (χ2n) is 8.95. The number of pyridine rings is 1. The van der Waals surface area contributed by atoms with Gasteiger partial charge in [-0.2, -0.15) is 5.26 Å². The van der Waals surface area contributed by atoms with Crippen LogP contribution in [-0.4, -0.2) is 34.7 Å². The summed E-state index contributed by atoms with van der Waals surface area (Å²) < 4.78 is 5.94. The fraction of sp³-hybridized carbons (Fsp3) is 0.250. The van der Waals surface area contributed by atoms with Crippen LogP contribution in [0.4, 0.5) is 4.79 Å². The fourth-order valence-electron chi connectivity index (χ4n) is 5.65. The zero-order chi connectivity index (χ0) is 22.4. The number of nitrogens with zero attached hydrogens (tertiary/aromatic N) is 3. The molecule has 3 aromatic rings. The lowest BCUT2D eigenvalue weighted by molar-refractivity contribution is 0.0866. The number of ether oxygens (including phenoxy) is 1. The second kappa shape index (κ2) is 7.90. The van der Waals surface area contributed by atoms with Gasteiger partial charge in [-0.25, -0.2) is 4.79 Å². The molecule has 1 amide bonds. The molecule has 0 spiro atoms. The molecule has 1 aliphatic carbocycles. The predicted octanol–water partition coefficient (Wildman–Crippen LogP) is 5.52. The molecule has 2 aromatic carbocycles. The molecule has 6 rings (SSSR count). The number of carbonyl (C=O) groups excluding carboxylic acids is 1. The summed E-state index contributed by atoms with van der Waals surface area (Å²) in [7, 11) is 0. The summed E-state index contributed by atoms with van der Waals surface area (Å²) in [6, 6.07) is 22.6. The summed E-state index contributed by atoms with van der Waals surface area (Å²) >= 11 is 0. The minimum absolute atomic E-state index is 0.0157. The highest BCUT2D eigenvalue weighted by atomic mass is 16.6. The topological polar surface area (TPSA) is 66.2 Å². The van der Waals surface area contributed by atoms with Crippen molar-refractivity contribution >= 4 is 11.7 Å². The summed E-state index contributed by atoms with van der Waals surface area (Å²) in [6.07, 6.45) is 6.19. The van der Waals surface area contributed by atoms with Crippen LogP contribution in [0.2, 0.25) is 0 Å². The van der Waals surface area contributed by atoms with E-state index in [2.05, 4.69) is 53.5 Å². The van der Waals surface area contributed by atoms with Crippen LogP contribution in [0.25, 0.3) is 16.7 Å². The Kier molecular flexibility index (Phi) is 4.73. The Morgan fingerprint density at radius 3 is 2.48 bits per heavy atom. The van der Waals surface area contributed by atoms with Gasteiger partial charge in [-0.1, -0.05) is 54.6 Å². The Morgan fingerprint density at radius 2 is 1.79 bits per heavy atom. The molecule has 5 heteroatoms. The van der Waals surface area contributed by atoms with Gasteiger partial charge in [0.25, 0.3) is 0 Å². The van der Waals surface area contributed by atoms with Gasteiger partial charge >= 0.3 is 6.09 Å². The van der Waals surface area contributed by atoms with Gasteiger partial charge in [0.05, 0.1) is 23.4 Å². The Bertz CT molecular complexity index is 1280. The molecule has 1 fully saturated rings. The van der Waals surface area contributed by atoms with E-state index in [0.717, 1.165) is 30.5 Å². The van der Waals surface area contributed by atoms with E-state index < -0.39 is 0 Å². The van der Waals surface area contributed by atoms with Crippen LogP contribution in [0.15, 0.2) is 72.9 Å². The van der Waals surface area contributed by atoms with Gasteiger partial charge in [-0.05, 0) is 59.2 Å². The highest BCUT2D eigenvalue weighted by Gasteiger charge is 2.41. The van der Waals surface area contributed by atoms with E-state index in [1.165, 1.54) is 22.3 Å². The van der Waals surface area contributed by atoms with E-state index >= 15 is 0 Å². The minimum Gasteiger partial charge on any atom is -0.448 e. The summed E-state index contributed by atoms with van der Waals surface area (Å²) in [4.78, 5) is 19.6. The normalized spacial score (nSPS) is 20.6. The van der Waals surface area contributed by atoms with E-state index in [9.17, 15) is 10.1 Å². The molecule has 3 aliphatic rings. The zero-order valence-electron chi connectivity index (χ0n) is 18.1. The van der Waals surface area contributed by atoms with Crippen LogP contribution in [0.1, 0.15) is 47.6 Å². The van der Waals surface area contributed by atoms with E-state index in [1.807, 2.05) is 23.1 Å². The van der Waals surface area contributed by atoms with Crippen LogP contribution in [0, 0.1) is 11.3 Å². The number of benzene rings is 2. The summed E-state index contributed by atoms with van der Waals surface area (Å²) in [5.74, 6) is 0.0628. The summed E-state index contributed by atoms with van der Waals surface area (Å²) in [6.45, 7) is 0.338. The number of hydrogen-bond acceptors (Lipinski definition) is 4. The van der Waals surface area contributed by atoms with Crippen molar-refractivity contribution in [3.8, 4) is 17.2 Å². The van der Waals surface area contributed by atoms with E-state index in [1.54, 1.807) is 12.3 Å². The van der Waals surface area contributed by atoms with Gasteiger partial charge in [-0.3, -0.25) is 9.88 Å². The van der Waals surface area contributed by atoms with Gasteiger partial charge in [-0.15, -0.1) is 0 Å². The molecule has 2 unspecified atom stereocenters. The Balaban J connectivity index is 1.20. The maximum atomic E-state index is 13.2. The largest absolute Gasteiger partial charge is 0.448 e. The molecular formula is C28H23N3O2. The van der Waals surface area contributed by atoms with Crippen molar-refractivity contribution in [1.82, 2.24) is 9.88 Å². The van der Waals surface area contributed by atoms with Gasteiger partial charge in [0.15, 0.2) is 0 Å². The maximum absolute atomic E-state index is 13.2. The van der Waals surface area contributed by atoms with E-state index in [-0.39, 0.29) is 24.1 Å². The molecule has 2 aliphatic heterocycles. The van der Waals surface area contributed by atoms with Crippen molar-refractivity contribution < 1.29 is 9.53 Å². The minimum atomic E-state index is -0.238. The first-order chi connectivity index (χ1) is 16.2. The molecule has 33 heavy (non-hydrogen) atoms. The zero-order valence-corrected chi connectivity index (χ0v) is 18.1. The third-order valence-electron chi connectivity index (χ3n) is 7.16. The van der Waals surface area contributed by atoms with Gasteiger partial charge in [0.2, 0.25) is 0 Å². The molecule has 2 bridgehead atoms. The van der Waals surface area contributed by atoms with Crippen LogP contribution in [0.5, 0.6) is 0 Å². The van der Waals surface area contributed by atoms with Gasteiger partial charge in [0, 0.05) is 18.2 Å². The Morgan fingerprint density at radius 1 is 1.06 bits per heavy atom. The molecule has 1 aromatic heterocycles. The fourth-order valence-corrected chi connectivity index (χ4v) is 5.65. The first-order valence-electron chi connectivity index (χ1n) is 11.4. The number of nitriles is 1. The Labute approximate surface area is 192 Å². The monoisotopic (exact) mass is 433 g/mol. The van der Waals surface area contributed by atoms with Crippen LogP contribution < -0.4 is 0 Å². The van der Waals surface area contributed by atoms with E-state index in [4.69, 9.17) is 4.74 Å². The standard InChI is InChI=1S/C28H23N3O2/c29-16-18-11-12-30-27(13-18)19-14-20-9-10-21(15-19)31(20)28(32)33-17-26-24-7-3-1-5-22(24)23-6-2-4-8-25(23)26/h1-8,11-14,20-21,26H,9-10,15,17H2. The summed E-state index contributed by atoms with van der Waals surface area (Å²) in [5.41, 5.74) is 7.45. The molecular weight excluding hydrogens is 410 g/mol. The summed E-state index contributed by atoms with van der Waals surface area (Å²) in [5, 5.41) is 9.20. The molecule has 1 saturated heterocycles. The van der Waals surface area contributed by atoms with Crippen molar-refractivity contribution in [3.63, 3.8) is 0 Å². The third-order valence-corrected chi connectivity index (χ3v) is 7.16. The second-order valence-corrected chi connectivity index (χ2v) is 8.95. The predicted molar refractivity (Wildman–Crippen MR) is 125 cm³/mol. The van der Waals surface area contributed by atoms with Crippen molar-refractivity contribution in [3.05, 3.63) is 95.3 Å². The lowest BCUT2D eigenvalue weighted by Crippen LogP contribution is -2.43. The lowest BCUT2D eigenvalue weighted by Gasteiger charge is -2.33. The highest BCUT2D eigenvalue weighted by molar-refractivity contribution is 5.79. The number of rotatable bonds is 3. The number of amides is 1. The van der Waals surface area contributed by atoms with Crippen molar-refractivity contribution in [2.75, 3.05) is 6.61 Å². The molecule has 0 N–H and O–H groups in total. The Hall–Kier alpha value is -3.91. The molecule has 0 radical (unpaired) electrons. The molecule has 162 valence electrons. The number of fused-ring (bicyclic) bond motifs is 5. The first kappa shape index (κ1) is 19.8. The quantitative estimate of drug-likeness (QED) is 0.545. The highest BCUT2D eigenvalue weighted by Crippen LogP contribution is 2.45. The van der Waals surface area contributed by atoms with Crippen molar-refractivity contribution in [2.24, 2.45) is 0 Å². The van der Waals surface area contributed by atoms with Gasteiger partial charge in [0.1, 0.15) is 6.61 Å². The molecule has 2 atom stereocenters. The van der Waals surface area contributed by atoms with Crippen LogP contribution in [0.3, 0.4) is 0 Å². The smallest absolute Gasteiger partial charge is 0.410 e. The van der Waals surface area contributed by atoms with Gasteiger partial charge < -0.3 is 4.74 Å². The number of carbonyl (C=O) groups is 1. The molecule has 3 heterocycles.